The van der Waals surface area contributed by atoms with E-state index in [1.807, 2.05) is 0 Å². The molecule has 0 fully saturated rings. The van der Waals surface area contributed by atoms with E-state index in [9.17, 15) is 4.79 Å². The van der Waals surface area contributed by atoms with Gasteiger partial charge in [-0.05, 0) is 32.1 Å². The van der Waals surface area contributed by atoms with Gasteiger partial charge in [0.25, 0.3) is 0 Å². The maximum absolute atomic E-state index is 11.3. The van der Waals surface area contributed by atoms with Gasteiger partial charge >= 0.3 is 5.97 Å². The van der Waals surface area contributed by atoms with Gasteiger partial charge in [-0.3, -0.25) is 4.79 Å². The molecule has 0 saturated heterocycles. The molecule has 0 aromatic rings. The molecule has 0 spiro atoms. The van der Waals surface area contributed by atoms with Gasteiger partial charge < -0.3 is 14.9 Å². The van der Waals surface area contributed by atoms with Crippen molar-refractivity contribution in [1.82, 2.24) is 0 Å². The van der Waals surface area contributed by atoms with E-state index in [0.29, 0.717) is 6.42 Å². The monoisotopic (exact) mass is 328 g/mol. The van der Waals surface area contributed by atoms with Crippen LogP contribution in [0.3, 0.4) is 0 Å². The van der Waals surface area contributed by atoms with E-state index in [0.717, 1.165) is 25.7 Å². The molecular formula is C19H36O4. The Morgan fingerprint density at radius 3 is 2.09 bits per heavy atom. The van der Waals surface area contributed by atoms with E-state index < -0.39 is 6.10 Å². The molecule has 0 radical (unpaired) electrons. The Morgan fingerprint density at radius 2 is 1.52 bits per heavy atom. The standard InChI is InChI=1S/C19H36O4/c1-2-3-4-5-6-7-8-9-10-11-12-13-14-15-19(22)23-17-18(21)16-20/h8-9,18,20-21H,2-7,10-17H2,1H3/b9-8-. The summed E-state index contributed by atoms with van der Waals surface area (Å²) in [7, 11) is 0. The number of ether oxygens (including phenoxy) is 1. The van der Waals surface area contributed by atoms with Crippen LogP contribution in [-0.2, 0) is 9.53 Å². The first-order chi connectivity index (χ1) is 11.2. The molecule has 0 rings (SSSR count). The summed E-state index contributed by atoms with van der Waals surface area (Å²) >= 11 is 0. The second-order valence-corrected chi connectivity index (χ2v) is 6.15. The highest BCUT2D eigenvalue weighted by Crippen LogP contribution is 2.09. The number of carbonyl (C=O) groups is 1. The Bertz CT molecular complexity index is 289. The highest BCUT2D eigenvalue weighted by Gasteiger charge is 2.07. The van der Waals surface area contributed by atoms with Crippen LogP contribution in [-0.4, -0.2) is 35.5 Å². The van der Waals surface area contributed by atoms with E-state index in [-0.39, 0.29) is 19.2 Å². The zero-order valence-corrected chi connectivity index (χ0v) is 14.8. The second kappa shape index (κ2) is 17.5. The fraction of sp³-hybridized carbons (Fsp3) is 0.842. The topological polar surface area (TPSA) is 66.8 Å². The maximum Gasteiger partial charge on any atom is 0.305 e. The molecule has 1 unspecified atom stereocenters. The average molecular weight is 328 g/mol. The van der Waals surface area contributed by atoms with E-state index in [1.165, 1.54) is 44.9 Å². The van der Waals surface area contributed by atoms with Crippen molar-refractivity contribution >= 4 is 5.97 Å². The minimum atomic E-state index is -0.961. The van der Waals surface area contributed by atoms with Crippen LogP contribution >= 0.6 is 0 Å². The summed E-state index contributed by atoms with van der Waals surface area (Å²) in [6.45, 7) is 1.75. The third-order valence-corrected chi connectivity index (χ3v) is 3.79. The lowest BCUT2D eigenvalue weighted by molar-refractivity contribution is -0.147. The van der Waals surface area contributed by atoms with Gasteiger partial charge in [0.2, 0.25) is 0 Å². The Hall–Kier alpha value is -0.870. The van der Waals surface area contributed by atoms with Crippen molar-refractivity contribution in [2.75, 3.05) is 13.2 Å². The molecule has 2 N–H and O–H groups in total. The van der Waals surface area contributed by atoms with Crippen LogP contribution in [0.5, 0.6) is 0 Å². The van der Waals surface area contributed by atoms with E-state index >= 15 is 0 Å². The van der Waals surface area contributed by atoms with E-state index in [2.05, 4.69) is 19.1 Å². The third-order valence-electron chi connectivity index (χ3n) is 3.79. The van der Waals surface area contributed by atoms with Crippen LogP contribution < -0.4 is 0 Å². The van der Waals surface area contributed by atoms with Crippen molar-refractivity contribution in [2.24, 2.45) is 0 Å². The number of aliphatic hydroxyl groups is 2. The molecule has 0 aliphatic carbocycles. The summed E-state index contributed by atoms with van der Waals surface area (Å²) < 4.78 is 4.84. The maximum atomic E-state index is 11.3. The molecule has 0 heterocycles. The molecule has 0 aromatic heterocycles. The SMILES string of the molecule is CCCCCCC/C=C\CCCCCCC(=O)OCC(O)CO. The first kappa shape index (κ1) is 22.1. The van der Waals surface area contributed by atoms with Crippen molar-refractivity contribution in [3.05, 3.63) is 12.2 Å². The first-order valence-corrected chi connectivity index (χ1v) is 9.30. The van der Waals surface area contributed by atoms with Crippen molar-refractivity contribution in [3.63, 3.8) is 0 Å². The fourth-order valence-corrected chi connectivity index (χ4v) is 2.30. The lowest BCUT2D eigenvalue weighted by Gasteiger charge is -2.08. The smallest absolute Gasteiger partial charge is 0.305 e. The minimum Gasteiger partial charge on any atom is -0.463 e. The Labute approximate surface area is 141 Å². The number of carbonyl (C=O) groups excluding carboxylic acids is 1. The zero-order chi connectivity index (χ0) is 17.2. The molecule has 4 nitrogen and oxygen atoms in total. The molecule has 0 aromatic carbocycles. The number of aliphatic hydroxyl groups excluding tert-OH is 2. The van der Waals surface area contributed by atoms with Gasteiger partial charge in [0, 0.05) is 6.42 Å². The quantitative estimate of drug-likeness (QED) is 0.254. The molecular weight excluding hydrogens is 292 g/mol. The molecule has 4 heteroatoms. The Kier molecular flexibility index (Phi) is 16.8. The number of unbranched alkanes of at least 4 members (excludes halogenated alkanes) is 9. The van der Waals surface area contributed by atoms with Crippen LogP contribution in [0, 0.1) is 0 Å². The predicted molar refractivity (Wildman–Crippen MR) is 94.3 cm³/mol. The number of rotatable bonds is 16. The van der Waals surface area contributed by atoms with Gasteiger partial charge in [-0.15, -0.1) is 0 Å². The number of allylic oxidation sites excluding steroid dienone is 2. The fourth-order valence-electron chi connectivity index (χ4n) is 2.30. The van der Waals surface area contributed by atoms with Gasteiger partial charge in [0.15, 0.2) is 0 Å². The largest absolute Gasteiger partial charge is 0.463 e. The number of hydrogen-bond acceptors (Lipinski definition) is 4. The van der Waals surface area contributed by atoms with Gasteiger partial charge in [0.05, 0.1) is 6.61 Å². The first-order valence-electron chi connectivity index (χ1n) is 9.30. The average Bonchev–Trinajstić information content (AvgIpc) is 2.56. The molecule has 136 valence electrons. The van der Waals surface area contributed by atoms with E-state index in [1.54, 1.807) is 0 Å². The molecule has 0 aliphatic heterocycles. The molecule has 0 saturated carbocycles. The Balaban J connectivity index is 3.25. The summed E-state index contributed by atoms with van der Waals surface area (Å²) in [4.78, 5) is 11.3. The zero-order valence-electron chi connectivity index (χ0n) is 14.8. The van der Waals surface area contributed by atoms with Crippen LogP contribution in [0.25, 0.3) is 0 Å². The van der Waals surface area contributed by atoms with Crippen LogP contribution in [0.15, 0.2) is 12.2 Å². The molecule has 23 heavy (non-hydrogen) atoms. The van der Waals surface area contributed by atoms with Crippen molar-refractivity contribution in [3.8, 4) is 0 Å². The molecule has 0 amide bonds. The number of esters is 1. The lowest BCUT2D eigenvalue weighted by Crippen LogP contribution is -2.21. The summed E-state index contributed by atoms with van der Waals surface area (Å²) in [5, 5.41) is 17.7. The van der Waals surface area contributed by atoms with Crippen molar-refractivity contribution in [1.29, 1.82) is 0 Å². The molecule has 0 bridgehead atoms. The molecule has 1 atom stereocenters. The van der Waals surface area contributed by atoms with Gasteiger partial charge in [0.1, 0.15) is 12.7 Å². The lowest BCUT2D eigenvalue weighted by atomic mass is 10.1. The van der Waals surface area contributed by atoms with E-state index in [4.69, 9.17) is 14.9 Å². The summed E-state index contributed by atoms with van der Waals surface area (Å²) in [5.74, 6) is -0.291. The van der Waals surface area contributed by atoms with Crippen molar-refractivity contribution in [2.45, 2.75) is 90.1 Å². The van der Waals surface area contributed by atoms with Crippen molar-refractivity contribution < 1.29 is 19.7 Å². The number of hydrogen-bond donors (Lipinski definition) is 2. The van der Waals surface area contributed by atoms with Crippen LogP contribution in [0.4, 0.5) is 0 Å². The van der Waals surface area contributed by atoms with Crippen LogP contribution in [0.1, 0.15) is 84.0 Å². The van der Waals surface area contributed by atoms with Crippen LogP contribution in [0.2, 0.25) is 0 Å². The summed E-state index contributed by atoms with van der Waals surface area (Å²) in [6.07, 6.45) is 17.2. The summed E-state index contributed by atoms with van der Waals surface area (Å²) in [5.41, 5.74) is 0. The van der Waals surface area contributed by atoms with Gasteiger partial charge in [-0.2, -0.15) is 0 Å². The van der Waals surface area contributed by atoms with Gasteiger partial charge in [-0.1, -0.05) is 57.6 Å². The highest BCUT2D eigenvalue weighted by molar-refractivity contribution is 5.69. The molecule has 0 aliphatic rings. The minimum absolute atomic E-state index is 0.113. The highest BCUT2D eigenvalue weighted by atomic mass is 16.5. The van der Waals surface area contributed by atoms with Gasteiger partial charge in [-0.25, -0.2) is 0 Å². The normalized spacial score (nSPS) is 12.7. The summed E-state index contributed by atoms with van der Waals surface area (Å²) in [6, 6.07) is 0. The third kappa shape index (κ3) is 17.3. The second-order valence-electron chi connectivity index (χ2n) is 6.15. The predicted octanol–water partition coefficient (Wildman–Crippen LogP) is 4.14. The Morgan fingerprint density at radius 1 is 0.957 bits per heavy atom.